The normalized spacial score (nSPS) is 11.0. The lowest BCUT2D eigenvalue weighted by atomic mass is 10.1. The van der Waals surface area contributed by atoms with Crippen molar-refractivity contribution in [2.75, 3.05) is 6.61 Å². The van der Waals surface area contributed by atoms with Gasteiger partial charge in [-0.05, 0) is 79.6 Å². The van der Waals surface area contributed by atoms with E-state index in [-0.39, 0.29) is 12.3 Å². The van der Waals surface area contributed by atoms with Gasteiger partial charge in [0.05, 0.1) is 29.2 Å². The standard InChI is InChI=1S/C23H26N6O3/c1-6-31-22-9-7-8-20(29-23(30)27(5)25-26-29)19(22)14-32-21-11-10-18(12-15(21)2)28-13-16(3)17(4)24-28/h7-13H,6,14H2,1-5H3. The molecule has 2 aromatic carbocycles. The molecule has 0 fully saturated rings. The minimum atomic E-state index is -0.342. The minimum absolute atomic E-state index is 0.203. The Morgan fingerprint density at radius 2 is 1.78 bits per heavy atom. The van der Waals surface area contributed by atoms with E-state index in [4.69, 9.17) is 9.47 Å². The van der Waals surface area contributed by atoms with Crippen LogP contribution in [0.15, 0.2) is 47.4 Å². The molecule has 4 aromatic rings. The highest BCUT2D eigenvalue weighted by Gasteiger charge is 2.17. The molecule has 0 aliphatic heterocycles. The largest absolute Gasteiger partial charge is 0.493 e. The summed E-state index contributed by atoms with van der Waals surface area (Å²) >= 11 is 0. The average molecular weight is 435 g/mol. The Morgan fingerprint density at radius 3 is 2.41 bits per heavy atom. The summed E-state index contributed by atoms with van der Waals surface area (Å²) in [4.78, 5) is 12.4. The summed E-state index contributed by atoms with van der Waals surface area (Å²) in [5.41, 5.74) is 5.03. The maximum Gasteiger partial charge on any atom is 0.368 e. The number of ether oxygens (including phenoxy) is 2. The lowest BCUT2D eigenvalue weighted by Gasteiger charge is -2.16. The summed E-state index contributed by atoms with van der Waals surface area (Å²) < 4.78 is 16.2. The average Bonchev–Trinajstić information content (AvgIpc) is 3.29. The van der Waals surface area contributed by atoms with E-state index in [0.717, 1.165) is 33.8 Å². The maximum absolute atomic E-state index is 12.4. The van der Waals surface area contributed by atoms with Gasteiger partial charge in [0, 0.05) is 13.2 Å². The molecule has 0 atom stereocenters. The van der Waals surface area contributed by atoms with Crippen LogP contribution in [0, 0.1) is 20.8 Å². The molecule has 0 aliphatic carbocycles. The molecule has 0 amide bonds. The van der Waals surface area contributed by atoms with E-state index in [0.29, 0.717) is 18.0 Å². The smallest absolute Gasteiger partial charge is 0.368 e. The van der Waals surface area contributed by atoms with Gasteiger partial charge < -0.3 is 9.47 Å². The number of benzene rings is 2. The van der Waals surface area contributed by atoms with Gasteiger partial charge >= 0.3 is 5.69 Å². The van der Waals surface area contributed by atoms with Crippen molar-refractivity contribution in [3.63, 3.8) is 0 Å². The van der Waals surface area contributed by atoms with Crippen LogP contribution in [0.3, 0.4) is 0 Å². The van der Waals surface area contributed by atoms with E-state index >= 15 is 0 Å². The zero-order valence-corrected chi connectivity index (χ0v) is 18.9. The van der Waals surface area contributed by atoms with Gasteiger partial charge in [-0.1, -0.05) is 6.07 Å². The monoisotopic (exact) mass is 434 g/mol. The van der Waals surface area contributed by atoms with E-state index in [1.54, 1.807) is 13.1 Å². The third kappa shape index (κ3) is 4.01. The van der Waals surface area contributed by atoms with Crippen molar-refractivity contribution in [1.29, 1.82) is 0 Å². The van der Waals surface area contributed by atoms with Gasteiger partial charge in [0.15, 0.2) is 0 Å². The first kappa shape index (κ1) is 21.4. The molecule has 0 spiro atoms. The van der Waals surface area contributed by atoms with Crippen LogP contribution in [0.25, 0.3) is 11.4 Å². The Kier molecular flexibility index (Phi) is 5.81. The Hall–Kier alpha value is -3.88. The SMILES string of the molecule is CCOc1cccc(-n2nnn(C)c2=O)c1COc1ccc(-n2cc(C)c(C)n2)cc1C. The number of aromatic nitrogens is 6. The maximum atomic E-state index is 12.4. The summed E-state index contributed by atoms with van der Waals surface area (Å²) in [6, 6.07) is 11.4. The lowest BCUT2D eigenvalue weighted by molar-refractivity contribution is 0.284. The summed E-state index contributed by atoms with van der Waals surface area (Å²) in [5.74, 6) is 1.37. The van der Waals surface area contributed by atoms with Crippen LogP contribution in [0.2, 0.25) is 0 Å². The zero-order valence-electron chi connectivity index (χ0n) is 18.9. The fourth-order valence-corrected chi connectivity index (χ4v) is 3.42. The number of nitrogens with zero attached hydrogens (tertiary/aromatic N) is 6. The first-order valence-electron chi connectivity index (χ1n) is 10.4. The fraction of sp³-hybridized carbons (Fsp3) is 0.304. The van der Waals surface area contributed by atoms with Gasteiger partial charge in [-0.3, -0.25) is 0 Å². The van der Waals surface area contributed by atoms with Gasteiger partial charge in [-0.15, -0.1) is 0 Å². The van der Waals surface area contributed by atoms with Crippen molar-refractivity contribution in [3.8, 4) is 22.9 Å². The third-order valence-corrected chi connectivity index (χ3v) is 5.30. The Balaban J connectivity index is 1.64. The second-order valence-electron chi connectivity index (χ2n) is 7.56. The van der Waals surface area contributed by atoms with Crippen LogP contribution < -0.4 is 15.2 Å². The molecule has 0 bridgehead atoms. The van der Waals surface area contributed by atoms with Gasteiger partial charge in [0.25, 0.3) is 0 Å². The predicted octanol–water partition coefficient (Wildman–Crippen LogP) is 3.05. The predicted molar refractivity (Wildman–Crippen MR) is 120 cm³/mol. The molecular formula is C23H26N6O3. The van der Waals surface area contributed by atoms with Crippen molar-refractivity contribution in [2.45, 2.75) is 34.3 Å². The summed E-state index contributed by atoms with van der Waals surface area (Å²) in [5, 5.41) is 12.3. The highest BCUT2D eigenvalue weighted by molar-refractivity contribution is 5.50. The Bertz CT molecular complexity index is 1300. The molecule has 2 heterocycles. The molecule has 0 radical (unpaired) electrons. The highest BCUT2D eigenvalue weighted by Crippen LogP contribution is 2.28. The molecule has 0 unspecified atom stereocenters. The minimum Gasteiger partial charge on any atom is -0.493 e. The molecule has 0 saturated carbocycles. The number of aryl methyl sites for hydroxylation is 4. The zero-order chi connectivity index (χ0) is 22.8. The van der Waals surface area contributed by atoms with E-state index < -0.39 is 0 Å². The molecule has 0 N–H and O–H groups in total. The lowest BCUT2D eigenvalue weighted by Crippen LogP contribution is -2.23. The molecular weight excluding hydrogens is 408 g/mol. The molecule has 4 rings (SSSR count). The fourth-order valence-electron chi connectivity index (χ4n) is 3.42. The van der Waals surface area contributed by atoms with Crippen LogP contribution >= 0.6 is 0 Å². The van der Waals surface area contributed by atoms with Crippen LogP contribution in [0.4, 0.5) is 0 Å². The Morgan fingerprint density at radius 1 is 0.969 bits per heavy atom. The summed E-state index contributed by atoms with van der Waals surface area (Å²) in [6.45, 7) is 8.62. The summed E-state index contributed by atoms with van der Waals surface area (Å²) in [7, 11) is 1.56. The van der Waals surface area contributed by atoms with Gasteiger partial charge in [-0.25, -0.2) is 9.48 Å². The second-order valence-corrected chi connectivity index (χ2v) is 7.56. The molecule has 166 valence electrons. The van der Waals surface area contributed by atoms with Crippen LogP contribution in [-0.4, -0.2) is 36.2 Å². The first-order chi connectivity index (χ1) is 15.4. The van der Waals surface area contributed by atoms with E-state index in [9.17, 15) is 4.79 Å². The topological polar surface area (TPSA) is 89.0 Å². The van der Waals surface area contributed by atoms with Crippen molar-refractivity contribution in [3.05, 3.63) is 75.5 Å². The van der Waals surface area contributed by atoms with Crippen molar-refractivity contribution >= 4 is 0 Å². The first-order valence-corrected chi connectivity index (χ1v) is 10.4. The molecule has 0 aliphatic rings. The number of tetrazole rings is 1. The number of hydrogen-bond acceptors (Lipinski definition) is 6. The molecule has 0 saturated heterocycles. The highest BCUT2D eigenvalue weighted by atomic mass is 16.5. The molecule has 32 heavy (non-hydrogen) atoms. The van der Waals surface area contributed by atoms with Crippen molar-refractivity contribution in [1.82, 2.24) is 29.6 Å². The van der Waals surface area contributed by atoms with Gasteiger partial charge in [-0.2, -0.15) is 14.5 Å². The number of rotatable bonds is 7. The van der Waals surface area contributed by atoms with E-state index in [1.807, 2.05) is 68.9 Å². The Labute approximate surface area is 185 Å². The molecule has 9 heteroatoms. The quantitative estimate of drug-likeness (QED) is 0.444. The van der Waals surface area contributed by atoms with Gasteiger partial charge in [0.1, 0.15) is 18.1 Å². The number of hydrogen-bond donors (Lipinski definition) is 0. The van der Waals surface area contributed by atoms with Gasteiger partial charge in [0.2, 0.25) is 0 Å². The van der Waals surface area contributed by atoms with Crippen molar-refractivity contribution in [2.24, 2.45) is 7.05 Å². The second kappa shape index (κ2) is 8.70. The van der Waals surface area contributed by atoms with Crippen LogP contribution in [0.1, 0.15) is 29.3 Å². The van der Waals surface area contributed by atoms with Crippen LogP contribution in [-0.2, 0) is 13.7 Å². The van der Waals surface area contributed by atoms with Crippen LogP contribution in [0.5, 0.6) is 11.5 Å². The van der Waals surface area contributed by atoms with Crippen molar-refractivity contribution < 1.29 is 9.47 Å². The molecule has 9 nitrogen and oxygen atoms in total. The molecule has 2 aromatic heterocycles. The van der Waals surface area contributed by atoms with E-state index in [1.165, 1.54) is 9.36 Å². The third-order valence-electron chi connectivity index (χ3n) is 5.30. The van der Waals surface area contributed by atoms with E-state index in [2.05, 4.69) is 15.5 Å². The summed E-state index contributed by atoms with van der Waals surface area (Å²) in [6.07, 6.45) is 2.01.